The number of piperidine rings is 1. The van der Waals surface area contributed by atoms with Crippen LogP contribution in [0.3, 0.4) is 0 Å². The molecule has 176 valence electrons. The first-order chi connectivity index (χ1) is 16.2. The Morgan fingerprint density at radius 2 is 1.64 bits per heavy atom. The van der Waals surface area contributed by atoms with Crippen LogP contribution in [-0.2, 0) is 4.74 Å². The molecule has 2 aromatic rings. The maximum atomic E-state index is 6.29. The van der Waals surface area contributed by atoms with Gasteiger partial charge >= 0.3 is 0 Å². The predicted molar refractivity (Wildman–Crippen MR) is 138 cm³/mol. The first-order valence-corrected chi connectivity index (χ1v) is 14.2. The van der Waals surface area contributed by atoms with E-state index in [-0.39, 0.29) is 0 Å². The van der Waals surface area contributed by atoms with Crippen LogP contribution >= 0.6 is 11.9 Å². The highest BCUT2D eigenvalue weighted by Crippen LogP contribution is 2.61. The van der Waals surface area contributed by atoms with Gasteiger partial charge in [0, 0.05) is 30.5 Å². The van der Waals surface area contributed by atoms with E-state index in [0.717, 1.165) is 23.7 Å². The molecule has 1 saturated heterocycles. The first-order valence-electron chi connectivity index (χ1n) is 13.4. The fraction of sp³-hybridized carbons (Fsp3) is 0.655. The minimum atomic E-state index is 0.448. The van der Waals surface area contributed by atoms with E-state index in [9.17, 15) is 0 Å². The van der Waals surface area contributed by atoms with Crippen LogP contribution < -0.4 is 4.31 Å². The van der Waals surface area contributed by atoms with Crippen LogP contribution in [0.25, 0.3) is 10.8 Å². The molecule has 6 aliphatic rings. The SMILES string of the molecule is CO[C@H](CN1CCC(CN2Sc3cccc4cccc2c34)CC1)C12CC3CC(CC(C3)C1)C2. The lowest BCUT2D eigenvalue weighted by Crippen LogP contribution is -2.55. The van der Waals surface area contributed by atoms with Gasteiger partial charge in [0.05, 0.1) is 11.8 Å². The Kier molecular flexibility index (Phi) is 5.22. The average Bonchev–Trinajstić information content (AvgIpc) is 3.17. The van der Waals surface area contributed by atoms with Crippen molar-refractivity contribution in [2.45, 2.75) is 62.4 Å². The van der Waals surface area contributed by atoms with Crippen LogP contribution in [0.1, 0.15) is 51.4 Å². The molecule has 0 amide bonds. The van der Waals surface area contributed by atoms with Gasteiger partial charge < -0.3 is 13.9 Å². The molecule has 3 nitrogen and oxygen atoms in total. The zero-order valence-corrected chi connectivity index (χ0v) is 20.9. The maximum Gasteiger partial charge on any atom is 0.0754 e. The molecule has 4 heteroatoms. The summed E-state index contributed by atoms with van der Waals surface area (Å²) in [7, 11) is 2.00. The van der Waals surface area contributed by atoms with Gasteiger partial charge in [0.25, 0.3) is 0 Å². The molecule has 0 spiro atoms. The third-order valence-corrected chi connectivity index (χ3v) is 11.0. The molecule has 0 N–H and O–H groups in total. The number of hydrogen-bond acceptors (Lipinski definition) is 4. The van der Waals surface area contributed by atoms with Gasteiger partial charge in [-0.15, -0.1) is 0 Å². The lowest BCUT2D eigenvalue weighted by atomic mass is 9.48. The summed E-state index contributed by atoms with van der Waals surface area (Å²) in [6.07, 6.45) is 12.0. The van der Waals surface area contributed by atoms with E-state index in [2.05, 4.69) is 45.6 Å². The van der Waals surface area contributed by atoms with Crippen LogP contribution in [0.15, 0.2) is 41.3 Å². The molecule has 8 rings (SSSR count). The number of rotatable bonds is 6. The van der Waals surface area contributed by atoms with Crippen molar-refractivity contribution in [3.8, 4) is 0 Å². The number of anilines is 1. The van der Waals surface area contributed by atoms with E-state index in [1.54, 1.807) is 0 Å². The lowest BCUT2D eigenvalue weighted by molar-refractivity contribution is -0.139. The highest BCUT2D eigenvalue weighted by molar-refractivity contribution is 8.01. The molecule has 33 heavy (non-hydrogen) atoms. The number of likely N-dealkylation sites (tertiary alicyclic amines) is 1. The molecule has 2 heterocycles. The zero-order valence-electron chi connectivity index (χ0n) is 20.0. The largest absolute Gasteiger partial charge is 0.380 e. The van der Waals surface area contributed by atoms with Crippen molar-refractivity contribution in [1.29, 1.82) is 0 Å². The number of benzene rings is 2. The highest BCUT2D eigenvalue weighted by atomic mass is 32.2. The van der Waals surface area contributed by atoms with Crippen molar-refractivity contribution in [2.75, 3.05) is 37.6 Å². The van der Waals surface area contributed by atoms with Crippen LogP contribution in [0.5, 0.6) is 0 Å². The molecular weight excluding hydrogens is 424 g/mol. The smallest absolute Gasteiger partial charge is 0.0754 e. The van der Waals surface area contributed by atoms with Gasteiger partial charge in [-0.25, -0.2) is 0 Å². The van der Waals surface area contributed by atoms with E-state index in [0.29, 0.717) is 11.5 Å². The Hall–Kier alpha value is -1.23. The summed E-state index contributed by atoms with van der Waals surface area (Å²) in [5.41, 5.74) is 1.92. The summed E-state index contributed by atoms with van der Waals surface area (Å²) in [6.45, 7) is 4.83. The summed E-state index contributed by atoms with van der Waals surface area (Å²) in [5.74, 6) is 3.81. The molecule has 4 aliphatic carbocycles. The molecule has 5 fully saturated rings. The quantitative estimate of drug-likeness (QED) is 0.449. The molecule has 1 atom stereocenters. The van der Waals surface area contributed by atoms with Gasteiger partial charge in [-0.1, -0.05) is 24.3 Å². The molecule has 2 aliphatic heterocycles. The van der Waals surface area contributed by atoms with Gasteiger partial charge in [0.2, 0.25) is 0 Å². The number of methoxy groups -OCH3 is 1. The summed E-state index contributed by atoms with van der Waals surface area (Å²) in [4.78, 5) is 4.18. The Morgan fingerprint density at radius 1 is 0.970 bits per heavy atom. The van der Waals surface area contributed by atoms with E-state index >= 15 is 0 Å². The van der Waals surface area contributed by atoms with E-state index in [4.69, 9.17) is 4.74 Å². The van der Waals surface area contributed by atoms with E-state index < -0.39 is 0 Å². The van der Waals surface area contributed by atoms with E-state index in [1.807, 2.05) is 19.1 Å². The van der Waals surface area contributed by atoms with Gasteiger partial charge in [-0.2, -0.15) is 0 Å². The standard InChI is InChI=1S/C29H38N2OS/c1-32-27(29-15-21-12-22(16-29)14-23(13-21)17-29)19-30-10-8-20(9-11-30)18-31-25-6-2-4-24-5-3-7-26(33-31)28(24)25/h2-7,20-23,27H,8-19H2,1H3/t21?,22?,23?,27-,29?/m1/s1. The second-order valence-electron chi connectivity index (χ2n) is 12.0. The average molecular weight is 463 g/mol. The molecule has 4 saturated carbocycles. The Labute approximate surface area is 203 Å². The van der Waals surface area contributed by atoms with Crippen molar-refractivity contribution in [3.63, 3.8) is 0 Å². The Bertz CT molecular complexity index is 989. The summed E-state index contributed by atoms with van der Waals surface area (Å²) in [5, 5.41) is 2.84. The fourth-order valence-electron chi connectivity index (χ4n) is 8.79. The molecular formula is C29H38N2OS. The van der Waals surface area contributed by atoms with Gasteiger partial charge in [-0.05, 0) is 123 Å². The number of hydrogen-bond donors (Lipinski definition) is 0. The second-order valence-corrected chi connectivity index (χ2v) is 13.1. The maximum absolute atomic E-state index is 6.29. The molecule has 4 bridgehead atoms. The number of nitrogens with zero attached hydrogens (tertiary/aromatic N) is 2. The topological polar surface area (TPSA) is 15.7 Å². The van der Waals surface area contributed by atoms with Gasteiger partial charge in [0.15, 0.2) is 0 Å². The van der Waals surface area contributed by atoms with Gasteiger partial charge in [0.1, 0.15) is 0 Å². The third-order valence-electron chi connectivity index (χ3n) is 9.93. The van der Waals surface area contributed by atoms with Crippen LogP contribution in [0.4, 0.5) is 5.69 Å². The van der Waals surface area contributed by atoms with Crippen molar-refractivity contribution >= 4 is 28.4 Å². The Balaban J connectivity index is 0.978. The molecule has 0 unspecified atom stereocenters. The first kappa shape index (κ1) is 21.1. The van der Waals surface area contributed by atoms with Gasteiger partial charge in [-0.3, -0.25) is 0 Å². The Morgan fingerprint density at radius 3 is 2.30 bits per heavy atom. The highest BCUT2D eigenvalue weighted by Gasteiger charge is 2.54. The minimum Gasteiger partial charge on any atom is -0.380 e. The predicted octanol–water partition coefficient (Wildman–Crippen LogP) is 6.61. The monoisotopic (exact) mass is 462 g/mol. The third kappa shape index (κ3) is 3.63. The fourth-order valence-corrected chi connectivity index (χ4v) is 10.0. The summed E-state index contributed by atoms with van der Waals surface area (Å²) < 4.78 is 8.86. The van der Waals surface area contributed by atoms with Crippen molar-refractivity contribution in [1.82, 2.24) is 4.90 Å². The summed E-state index contributed by atoms with van der Waals surface area (Å²) >= 11 is 1.96. The normalized spacial score (nSPS) is 34.5. The zero-order chi connectivity index (χ0) is 22.0. The molecule has 2 aromatic carbocycles. The number of ether oxygens (including phenoxy) is 1. The van der Waals surface area contributed by atoms with Crippen LogP contribution in [0.2, 0.25) is 0 Å². The van der Waals surface area contributed by atoms with Crippen molar-refractivity contribution in [2.24, 2.45) is 29.1 Å². The summed E-state index contributed by atoms with van der Waals surface area (Å²) in [6, 6.07) is 13.5. The second kappa shape index (κ2) is 8.17. The van der Waals surface area contributed by atoms with Crippen LogP contribution in [0, 0.1) is 29.1 Å². The van der Waals surface area contributed by atoms with Crippen molar-refractivity contribution < 1.29 is 4.74 Å². The van der Waals surface area contributed by atoms with E-state index in [1.165, 1.54) is 98.9 Å². The molecule has 0 radical (unpaired) electrons. The van der Waals surface area contributed by atoms with Crippen molar-refractivity contribution in [3.05, 3.63) is 36.4 Å². The van der Waals surface area contributed by atoms with Crippen LogP contribution in [-0.4, -0.2) is 44.3 Å². The lowest BCUT2D eigenvalue weighted by Gasteiger charge is -2.59. The minimum absolute atomic E-state index is 0.448. The molecule has 0 aromatic heterocycles.